The lowest BCUT2D eigenvalue weighted by atomic mass is 10.4. The second-order valence-corrected chi connectivity index (χ2v) is 4.97. The molecule has 0 aromatic rings. The Bertz CT molecular complexity index is 262. The molecule has 1 aliphatic rings. The van der Waals surface area contributed by atoms with Gasteiger partial charge in [0.15, 0.2) is 9.84 Å². The van der Waals surface area contributed by atoms with E-state index in [0.29, 0.717) is 13.0 Å². The van der Waals surface area contributed by atoms with Gasteiger partial charge < -0.3 is 9.84 Å². The van der Waals surface area contributed by atoms with E-state index in [9.17, 15) is 13.2 Å². The maximum Gasteiger partial charge on any atom is 0.318 e. The minimum absolute atomic E-state index is 0.135. The van der Waals surface area contributed by atoms with Crippen molar-refractivity contribution in [3.63, 3.8) is 0 Å². The zero-order valence-corrected chi connectivity index (χ0v) is 7.21. The SMILES string of the molecule is O=C(O)CS(=O)(=O)C1CCOC1. The van der Waals surface area contributed by atoms with Crippen LogP contribution in [0.4, 0.5) is 0 Å². The second kappa shape index (κ2) is 3.40. The van der Waals surface area contributed by atoms with Gasteiger partial charge in [-0.2, -0.15) is 0 Å². The van der Waals surface area contributed by atoms with Gasteiger partial charge in [-0.15, -0.1) is 0 Å². The summed E-state index contributed by atoms with van der Waals surface area (Å²) in [5.74, 6) is -2.09. The minimum atomic E-state index is -3.48. The van der Waals surface area contributed by atoms with Gasteiger partial charge in [0.05, 0.1) is 11.9 Å². The molecule has 1 heterocycles. The highest BCUT2D eigenvalue weighted by atomic mass is 32.2. The van der Waals surface area contributed by atoms with Crippen molar-refractivity contribution in [1.29, 1.82) is 0 Å². The molecular formula is C6H10O5S. The van der Waals surface area contributed by atoms with Crippen LogP contribution < -0.4 is 0 Å². The van der Waals surface area contributed by atoms with Crippen molar-refractivity contribution in [2.75, 3.05) is 19.0 Å². The highest BCUT2D eigenvalue weighted by Crippen LogP contribution is 2.14. The predicted molar refractivity (Wildman–Crippen MR) is 40.6 cm³/mol. The quantitative estimate of drug-likeness (QED) is 0.641. The summed E-state index contributed by atoms with van der Waals surface area (Å²) in [5.41, 5.74) is 0. The number of sulfone groups is 1. The molecule has 6 heteroatoms. The zero-order chi connectivity index (χ0) is 9.19. The molecule has 0 radical (unpaired) electrons. The molecule has 1 N–H and O–H groups in total. The molecular weight excluding hydrogens is 184 g/mol. The molecule has 0 aliphatic carbocycles. The summed E-state index contributed by atoms with van der Waals surface area (Å²) in [6.07, 6.45) is 0.412. The van der Waals surface area contributed by atoms with E-state index in [-0.39, 0.29) is 6.61 Å². The molecule has 1 aliphatic heterocycles. The van der Waals surface area contributed by atoms with Crippen molar-refractivity contribution in [3.05, 3.63) is 0 Å². The van der Waals surface area contributed by atoms with E-state index in [0.717, 1.165) is 0 Å². The molecule has 12 heavy (non-hydrogen) atoms. The summed E-state index contributed by atoms with van der Waals surface area (Å²) in [4.78, 5) is 10.2. The van der Waals surface area contributed by atoms with E-state index in [4.69, 9.17) is 9.84 Å². The Morgan fingerprint density at radius 2 is 2.25 bits per heavy atom. The number of carboxylic acids is 1. The molecule has 1 rings (SSSR count). The number of rotatable bonds is 3. The highest BCUT2D eigenvalue weighted by molar-refractivity contribution is 7.92. The van der Waals surface area contributed by atoms with Crippen LogP contribution in [0.2, 0.25) is 0 Å². The Morgan fingerprint density at radius 1 is 1.58 bits per heavy atom. The standard InChI is InChI=1S/C6H10O5S/c7-6(8)4-12(9,10)5-1-2-11-3-5/h5H,1-4H2,(H,7,8). The Morgan fingerprint density at radius 3 is 2.67 bits per heavy atom. The average Bonchev–Trinajstić information content (AvgIpc) is 2.32. The summed E-state index contributed by atoms with van der Waals surface area (Å²) in [7, 11) is -3.48. The first-order valence-electron chi connectivity index (χ1n) is 3.53. The Balaban J connectivity index is 2.64. The van der Waals surface area contributed by atoms with Crippen LogP contribution in [0, 0.1) is 0 Å². The molecule has 70 valence electrons. The van der Waals surface area contributed by atoms with Gasteiger partial charge >= 0.3 is 5.97 Å². The first-order valence-corrected chi connectivity index (χ1v) is 5.25. The number of hydrogen-bond donors (Lipinski definition) is 1. The fourth-order valence-corrected chi connectivity index (χ4v) is 2.42. The Kier molecular flexibility index (Phi) is 2.69. The van der Waals surface area contributed by atoms with Crippen LogP contribution >= 0.6 is 0 Å². The van der Waals surface area contributed by atoms with Gasteiger partial charge in [-0.05, 0) is 6.42 Å². The van der Waals surface area contributed by atoms with Gasteiger partial charge in [0, 0.05) is 6.61 Å². The number of carboxylic acid groups (broad SMARTS) is 1. The molecule has 1 fully saturated rings. The van der Waals surface area contributed by atoms with Gasteiger partial charge in [0.2, 0.25) is 0 Å². The van der Waals surface area contributed by atoms with E-state index in [1.807, 2.05) is 0 Å². The summed E-state index contributed by atoms with van der Waals surface area (Å²) < 4.78 is 27.2. The predicted octanol–water partition coefficient (Wildman–Crippen LogP) is -0.725. The summed E-state index contributed by atoms with van der Waals surface area (Å²) in [6, 6.07) is 0. The van der Waals surface area contributed by atoms with E-state index >= 15 is 0 Å². The molecule has 0 amide bonds. The van der Waals surface area contributed by atoms with Crippen molar-refractivity contribution >= 4 is 15.8 Å². The summed E-state index contributed by atoms with van der Waals surface area (Å²) in [6.45, 7) is 0.541. The van der Waals surface area contributed by atoms with Crippen LogP contribution in [0.3, 0.4) is 0 Å². The molecule has 0 spiro atoms. The normalized spacial score (nSPS) is 24.2. The van der Waals surface area contributed by atoms with Crippen molar-refractivity contribution < 1.29 is 23.1 Å². The fraction of sp³-hybridized carbons (Fsp3) is 0.833. The van der Waals surface area contributed by atoms with Crippen molar-refractivity contribution in [2.45, 2.75) is 11.7 Å². The molecule has 0 aromatic heterocycles. The van der Waals surface area contributed by atoms with Crippen molar-refractivity contribution in [2.24, 2.45) is 0 Å². The fourth-order valence-electron chi connectivity index (χ4n) is 1.09. The second-order valence-electron chi connectivity index (χ2n) is 2.69. The summed E-state index contributed by atoms with van der Waals surface area (Å²) >= 11 is 0. The van der Waals surface area contributed by atoms with Crippen molar-refractivity contribution in [1.82, 2.24) is 0 Å². The van der Waals surface area contributed by atoms with Gasteiger partial charge in [0.25, 0.3) is 0 Å². The molecule has 1 saturated heterocycles. The van der Waals surface area contributed by atoms with Crippen LogP contribution in [0.5, 0.6) is 0 Å². The van der Waals surface area contributed by atoms with E-state index in [1.165, 1.54) is 0 Å². The average molecular weight is 194 g/mol. The van der Waals surface area contributed by atoms with Crippen LogP contribution in [-0.2, 0) is 19.4 Å². The maximum absolute atomic E-state index is 11.2. The van der Waals surface area contributed by atoms with E-state index in [1.54, 1.807) is 0 Å². The third kappa shape index (κ3) is 2.18. The molecule has 0 saturated carbocycles. The summed E-state index contributed by atoms with van der Waals surface area (Å²) in [5, 5.41) is 7.67. The number of aliphatic carboxylic acids is 1. The lowest BCUT2D eigenvalue weighted by Gasteiger charge is -2.05. The lowest BCUT2D eigenvalue weighted by Crippen LogP contribution is -2.27. The maximum atomic E-state index is 11.2. The van der Waals surface area contributed by atoms with E-state index < -0.39 is 26.8 Å². The van der Waals surface area contributed by atoms with Crippen LogP contribution in [0.15, 0.2) is 0 Å². The lowest BCUT2D eigenvalue weighted by molar-refractivity contribution is -0.134. The van der Waals surface area contributed by atoms with Crippen LogP contribution in [0.25, 0.3) is 0 Å². The minimum Gasteiger partial charge on any atom is -0.480 e. The number of carbonyl (C=O) groups is 1. The molecule has 1 atom stereocenters. The van der Waals surface area contributed by atoms with Gasteiger partial charge in [-0.25, -0.2) is 8.42 Å². The topological polar surface area (TPSA) is 80.7 Å². The first-order chi connectivity index (χ1) is 5.52. The van der Waals surface area contributed by atoms with Crippen molar-refractivity contribution in [3.8, 4) is 0 Å². The molecule has 0 aromatic carbocycles. The van der Waals surface area contributed by atoms with E-state index in [2.05, 4.69) is 0 Å². The zero-order valence-electron chi connectivity index (χ0n) is 6.39. The van der Waals surface area contributed by atoms with Crippen LogP contribution in [-0.4, -0.2) is 43.7 Å². The number of hydrogen-bond acceptors (Lipinski definition) is 4. The monoisotopic (exact) mass is 194 g/mol. The highest BCUT2D eigenvalue weighted by Gasteiger charge is 2.31. The number of ether oxygens (including phenoxy) is 1. The van der Waals surface area contributed by atoms with Gasteiger partial charge in [-0.1, -0.05) is 0 Å². The molecule has 5 nitrogen and oxygen atoms in total. The molecule has 0 bridgehead atoms. The first kappa shape index (κ1) is 9.47. The van der Waals surface area contributed by atoms with Gasteiger partial charge in [-0.3, -0.25) is 4.79 Å². The third-order valence-electron chi connectivity index (χ3n) is 1.72. The molecule has 1 unspecified atom stereocenters. The smallest absolute Gasteiger partial charge is 0.318 e. The third-order valence-corrected chi connectivity index (χ3v) is 3.76. The Hall–Kier alpha value is -0.620. The largest absolute Gasteiger partial charge is 0.480 e. The Labute approximate surface area is 70.3 Å². The van der Waals surface area contributed by atoms with Gasteiger partial charge in [0.1, 0.15) is 5.75 Å². The van der Waals surface area contributed by atoms with Crippen LogP contribution in [0.1, 0.15) is 6.42 Å².